The molecule has 0 unspecified atom stereocenters. The molecule has 5 heterocycles. The molecule has 4 aromatic rings. The quantitative estimate of drug-likeness (QED) is 0.175. The molecule has 7 bridgehead atoms. The van der Waals surface area contributed by atoms with E-state index < -0.39 is 0 Å². The molecule has 0 spiro atoms. The van der Waals surface area contributed by atoms with Gasteiger partial charge in [-0.05, 0) is 131 Å². The summed E-state index contributed by atoms with van der Waals surface area (Å²) in [6, 6.07) is 21.8. The summed E-state index contributed by atoms with van der Waals surface area (Å²) >= 11 is 0. The minimum Gasteiger partial charge on any atom is -0.493 e. The van der Waals surface area contributed by atoms with Gasteiger partial charge in [-0.15, -0.1) is 0 Å². The SMILES string of the molecule is COc1cc2c3c4c1Oc1cc5c(cc1O4)[C@H](Cc1ccc(OCCCN(C)C)c(c1)Oc1ccc(cc1)C[C@@H]3N(C)CC2)N(C)CC5. The van der Waals surface area contributed by atoms with Gasteiger partial charge in [-0.2, -0.15) is 0 Å². The monoisotopic (exact) mass is 647 g/mol. The molecule has 0 saturated heterocycles. The van der Waals surface area contributed by atoms with Gasteiger partial charge < -0.3 is 28.6 Å². The molecule has 4 aromatic carbocycles. The van der Waals surface area contributed by atoms with Gasteiger partial charge in [0, 0.05) is 37.3 Å². The Morgan fingerprint density at radius 1 is 0.729 bits per heavy atom. The predicted octanol–water partition coefficient (Wildman–Crippen LogP) is 7.57. The van der Waals surface area contributed by atoms with E-state index in [1.54, 1.807) is 7.11 Å². The maximum atomic E-state index is 6.95. The molecule has 2 atom stereocenters. The van der Waals surface area contributed by atoms with Crippen molar-refractivity contribution in [3.63, 3.8) is 0 Å². The molecule has 5 aliphatic heterocycles. The van der Waals surface area contributed by atoms with Gasteiger partial charge in [-0.25, -0.2) is 0 Å². The van der Waals surface area contributed by atoms with Crippen LogP contribution in [-0.4, -0.2) is 76.2 Å². The zero-order valence-electron chi connectivity index (χ0n) is 28.7. The maximum absolute atomic E-state index is 6.95. The minimum atomic E-state index is 0.111. The highest BCUT2D eigenvalue weighted by atomic mass is 16.6. The molecular weight excluding hydrogens is 602 g/mol. The Morgan fingerprint density at radius 3 is 2.23 bits per heavy atom. The highest BCUT2D eigenvalue weighted by Crippen LogP contribution is 2.56. The zero-order chi connectivity index (χ0) is 32.9. The first-order chi connectivity index (χ1) is 23.3. The van der Waals surface area contributed by atoms with E-state index >= 15 is 0 Å². The predicted molar refractivity (Wildman–Crippen MR) is 187 cm³/mol. The lowest BCUT2D eigenvalue weighted by molar-refractivity contribution is 0.218. The van der Waals surface area contributed by atoms with Crippen LogP contribution < -0.4 is 23.7 Å². The average Bonchev–Trinajstić information content (AvgIpc) is 3.08. The van der Waals surface area contributed by atoms with Crippen LogP contribution in [0, 0.1) is 0 Å². The number of rotatable bonds is 6. The maximum Gasteiger partial charge on any atom is 0.212 e. The second-order valence-electron chi connectivity index (χ2n) is 13.9. The number of nitrogens with zero attached hydrogens (tertiary/aromatic N) is 3. The summed E-state index contributed by atoms with van der Waals surface area (Å²) in [5, 5.41) is 0. The van der Waals surface area contributed by atoms with Gasteiger partial charge in [0.2, 0.25) is 5.75 Å². The first kappa shape index (κ1) is 31.1. The lowest BCUT2D eigenvalue weighted by atomic mass is 9.86. The summed E-state index contributed by atoms with van der Waals surface area (Å²) in [7, 11) is 10.3. The summed E-state index contributed by atoms with van der Waals surface area (Å²) in [4.78, 5) is 7.06. The van der Waals surface area contributed by atoms with Crippen molar-refractivity contribution >= 4 is 0 Å². The van der Waals surface area contributed by atoms with E-state index in [4.69, 9.17) is 23.7 Å². The van der Waals surface area contributed by atoms with Gasteiger partial charge in [0.05, 0.1) is 13.7 Å². The van der Waals surface area contributed by atoms with E-state index in [1.165, 1.54) is 33.4 Å². The number of likely N-dealkylation sites (N-methyl/N-ethyl adjacent to an activating group) is 2. The number of hydrogen-bond acceptors (Lipinski definition) is 8. The van der Waals surface area contributed by atoms with Crippen LogP contribution in [0.25, 0.3) is 0 Å². The highest BCUT2D eigenvalue weighted by molar-refractivity contribution is 5.67. The fourth-order valence-corrected chi connectivity index (χ4v) is 7.72. The smallest absolute Gasteiger partial charge is 0.212 e. The molecule has 250 valence electrons. The fraction of sp³-hybridized carbons (Fsp3) is 0.400. The third-order valence-electron chi connectivity index (χ3n) is 10.4. The van der Waals surface area contributed by atoms with Gasteiger partial charge in [-0.1, -0.05) is 18.2 Å². The second-order valence-corrected chi connectivity index (χ2v) is 13.9. The number of benzene rings is 4. The molecule has 8 nitrogen and oxygen atoms in total. The standard InChI is InChI=1S/C40H45N3O5/c1-41(2)15-6-18-45-33-12-9-26-20-31-30-24-36-35(22-27(30)13-16-42(31)3)47-39-37(44-5)23-28-14-17-43(4)32(38(28)40(39)48-36)19-25-7-10-29(11-8-25)46-34(33)21-26/h7-12,21-24,31-32H,6,13-20H2,1-5H3/t31-,32-/m0/s1. The third kappa shape index (κ3) is 5.76. The van der Waals surface area contributed by atoms with Crippen molar-refractivity contribution in [2.75, 3.05) is 61.5 Å². The summed E-state index contributed by atoms with van der Waals surface area (Å²) in [6.07, 6.45) is 4.46. The van der Waals surface area contributed by atoms with E-state index in [9.17, 15) is 0 Å². The van der Waals surface area contributed by atoms with Crippen molar-refractivity contribution < 1.29 is 23.7 Å². The van der Waals surface area contributed by atoms with Crippen molar-refractivity contribution in [3.05, 3.63) is 94.0 Å². The van der Waals surface area contributed by atoms with E-state index in [1.807, 2.05) is 0 Å². The topological polar surface area (TPSA) is 55.9 Å². The Morgan fingerprint density at radius 2 is 1.44 bits per heavy atom. The molecule has 9 rings (SSSR count). The molecule has 0 radical (unpaired) electrons. The van der Waals surface area contributed by atoms with Crippen molar-refractivity contribution in [2.24, 2.45) is 0 Å². The average molecular weight is 648 g/mol. The fourth-order valence-electron chi connectivity index (χ4n) is 7.72. The zero-order valence-corrected chi connectivity index (χ0v) is 28.7. The highest BCUT2D eigenvalue weighted by Gasteiger charge is 2.37. The van der Waals surface area contributed by atoms with Crippen LogP contribution in [0.15, 0.2) is 60.7 Å². The molecule has 5 aliphatic rings. The number of fused-ring (bicyclic) bond motifs is 2. The van der Waals surface area contributed by atoms with Gasteiger partial charge in [0.15, 0.2) is 34.5 Å². The van der Waals surface area contributed by atoms with Gasteiger partial charge in [0.1, 0.15) is 5.75 Å². The van der Waals surface area contributed by atoms with Crippen molar-refractivity contribution in [1.29, 1.82) is 0 Å². The van der Waals surface area contributed by atoms with E-state index in [-0.39, 0.29) is 12.1 Å². The van der Waals surface area contributed by atoms with Crippen LogP contribution in [0.5, 0.6) is 46.0 Å². The molecule has 0 N–H and O–H groups in total. The Bertz CT molecular complexity index is 1840. The molecule has 48 heavy (non-hydrogen) atoms. The molecule has 8 heteroatoms. The number of hydrogen-bond donors (Lipinski definition) is 0. The largest absolute Gasteiger partial charge is 0.493 e. The summed E-state index contributed by atoms with van der Waals surface area (Å²) in [5.41, 5.74) is 7.43. The Balaban J connectivity index is 1.25. The molecule has 0 amide bonds. The Labute approximate surface area is 283 Å². The second kappa shape index (κ2) is 12.7. The first-order valence-corrected chi connectivity index (χ1v) is 17.2. The Hall–Kier alpha value is -4.24. The Kier molecular flexibility index (Phi) is 8.19. The van der Waals surface area contributed by atoms with Crippen molar-refractivity contribution in [2.45, 2.75) is 44.2 Å². The number of ether oxygens (including phenoxy) is 5. The van der Waals surface area contributed by atoms with Gasteiger partial charge >= 0.3 is 0 Å². The molecule has 0 fully saturated rings. The summed E-state index contributed by atoms with van der Waals surface area (Å²) in [5.74, 6) is 6.00. The molecule has 0 aromatic heterocycles. The van der Waals surface area contributed by atoms with Crippen LogP contribution in [-0.2, 0) is 25.7 Å². The summed E-state index contributed by atoms with van der Waals surface area (Å²) < 4.78 is 32.5. The third-order valence-corrected chi connectivity index (χ3v) is 10.4. The minimum absolute atomic E-state index is 0.111. The van der Waals surface area contributed by atoms with Crippen LogP contribution in [0.1, 0.15) is 51.9 Å². The van der Waals surface area contributed by atoms with Crippen LogP contribution in [0.3, 0.4) is 0 Å². The summed E-state index contributed by atoms with van der Waals surface area (Å²) in [6.45, 7) is 3.51. The van der Waals surface area contributed by atoms with E-state index in [0.717, 1.165) is 92.0 Å². The van der Waals surface area contributed by atoms with Crippen molar-refractivity contribution in [3.8, 4) is 46.0 Å². The lowest BCUT2D eigenvalue weighted by Crippen LogP contribution is -2.34. The van der Waals surface area contributed by atoms with Crippen LogP contribution >= 0.6 is 0 Å². The van der Waals surface area contributed by atoms with E-state index in [0.29, 0.717) is 12.4 Å². The van der Waals surface area contributed by atoms with E-state index in [2.05, 4.69) is 104 Å². The van der Waals surface area contributed by atoms with Gasteiger partial charge in [0.25, 0.3) is 0 Å². The lowest BCUT2D eigenvalue weighted by Gasteiger charge is -2.39. The molecule has 0 saturated carbocycles. The van der Waals surface area contributed by atoms with Crippen LogP contribution in [0.4, 0.5) is 0 Å². The first-order valence-electron chi connectivity index (χ1n) is 17.2. The van der Waals surface area contributed by atoms with Crippen molar-refractivity contribution in [1.82, 2.24) is 14.7 Å². The van der Waals surface area contributed by atoms with Crippen LogP contribution in [0.2, 0.25) is 0 Å². The molecule has 0 aliphatic carbocycles. The normalized spacial score (nSPS) is 19.6. The number of methoxy groups -OCH3 is 1. The van der Waals surface area contributed by atoms with Gasteiger partial charge in [-0.3, -0.25) is 9.80 Å². The molecular formula is C40H45N3O5.